The van der Waals surface area contributed by atoms with E-state index in [1.165, 1.54) is 25.7 Å². The molecule has 0 aliphatic heterocycles. The van der Waals surface area contributed by atoms with Gasteiger partial charge in [0.15, 0.2) is 0 Å². The zero-order valence-electron chi connectivity index (χ0n) is 8.44. The summed E-state index contributed by atoms with van der Waals surface area (Å²) in [6.45, 7) is 2.35. The molecule has 0 radical (unpaired) electrons. The van der Waals surface area contributed by atoms with Gasteiger partial charge in [-0.25, -0.2) is 0 Å². The standard InChI is InChI=1S/C12H22/c1-2-7-12-8-3-5-11(10-12)6-4-9-12/h11H,2-10H2,1H3. The van der Waals surface area contributed by atoms with E-state index < -0.39 is 0 Å². The second-order valence-electron chi connectivity index (χ2n) is 5.10. The summed E-state index contributed by atoms with van der Waals surface area (Å²) in [6.07, 6.45) is 13.8. The van der Waals surface area contributed by atoms with Gasteiger partial charge in [0.2, 0.25) is 0 Å². The van der Waals surface area contributed by atoms with E-state index in [0.29, 0.717) is 0 Å². The summed E-state index contributed by atoms with van der Waals surface area (Å²) in [7, 11) is 0. The Morgan fingerprint density at radius 3 is 2.42 bits per heavy atom. The third-order valence-corrected chi connectivity index (χ3v) is 4.14. The Morgan fingerprint density at radius 2 is 1.83 bits per heavy atom. The van der Waals surface area contributed by atoms with Crippen molar-refractivity contribution in [2.24, 2.45) is 11.3 Å². The van der Waals surface area contributed by atoms with Gasteiger partial charge in [0.1, 0.15) is 0 Å². The molecule has 0 aromatic carbocycles. The van der Waals surface area contributed by atoms with Gasteiger partial charge in [-0.1, -0.05) is 39.0 Å². The van der Waals surface area contributed by atoms with E-state index in [2.05, 4.69) is 6.92 Å². The minimum atomic E-state index is 0.829. The maximum Gasteiger partial charge on any atom is -0.0295 e. The molecule has 0 nitrogen and oxygen atoms in total. The first-order chi connectivity index (χ1) is 5.85. The fourth-order valence-electron chi connectivity index (χ4n) is 3.70. The lowest BCUT2D eigenvalue weighted by Gasteiger charge is -2.45. The number of hydrogen-bond acceptors (Lipinski definition) is 0. The van der Waals surface area contributed by atoms with Gasteiger partial charge in [-0.05, 0) is 37.0 Å². The van der Waals surface area contributed by atoms with Crippen molar-refractivity contribution in [1.82, 2.24) is 0 Å². The second kappa shape index (κ2) is 3.40. The van der Waals surface area contributed by atoms with E-state index in [1.807, 2.05) is 0 Å². The van der Waals surface area contributed by atoms with Crippen LogP contribution in [0.4, 0.5) is 0 Å². The normalized spacial score (nSPS) is 41.2. The Balaban J connectivity index is 2.01. The topological polar surface area (TPSA) is 0 Å². The first kappa shape index (κ1) is 8.59. The molecule has 0 aromatic rings. The van der Waals surface area contributed by atoms with Gasteiger partial charge in [-0.15, -0.1) is 0 Å². The van der Waals surface area contributed by atoms with Crippen molar-refractivity contribution in [3.63, 3.8) is 0 Å². The predicted molar refractivity (Wildman–Crippen MR) is 53.2 cm³/mol. The van der Waals surface area contributed by atoms with E-state index in [0.717, 1.165) is 11.3 Å². The minimum absolute atomic E-state index is 0.829. The molecule has 0 heteroatoms. The lowest BCUT2D eigenvalue weighted by Crippen LogP contribution is -2.32. The van der Waals surface area contributed by atoms with Crippen LogP contribution < -0.4 is 0 Å². The maximum atomic E-state index is 2.35. The lowest BCUT2D eigenvalue weighted by atomic mass is 9.60. The summed E-state index contributed by atoms with van der Waals surface area (Å²) in [6, 6.07) is 0. The Hall–Kier alpha value is 0. The van der Waals surface area contributed by atoms with Crippen molar-refractivity contribution in [3.8, 4) is 0 Å². The zero-order chi connectivity index (χ0) is 8.44. The highest BCUT2D eigenvalue weighted by Gasteiger charge is 2.37. The Kier molecular flexibility index (Phi) is 2.43. The van der Waals surface area contributed by atoms with Gasteiger partial charge in [0.25, 0.3) is 0 Å². The van der Waals surface area contributed by atoms with Crippen LogP contribution in [0.2, 0.25) is 0 Å². The Morgan fingerprint density at radius 1 is 1.17 bits per heavy atom. The molecule has 0 amide bonds. The van der Waals surface area contributed by atoms with Gasteiger partial charge in [-0.3, -0.25) is 0 Å². The molecule has 70 valence electrons. The van der Waals surface area contributed by atoms with Gasteiger partial charge in [0.05, 0.1) is 0 Å². The highest BCUT2D eigenvalue weighted by Crippen LogP contribution is 2.51. The fraction of sp³-hybridized carbons (Fsp3) is 1.00. The van der Waals surface area contributed by atoms with Crippen molar-refractivity contribution >= 4 is 0 Å². The molecule has 2 bridgehead atoms. The van der Waals surface area contributed by atoms with Crippen LogP contribution in [0.25, 0.3) is 0 Å². The van der Waals surface area contributed by atoms with Crippen molar-refractivity contribution in [2.75, 3.05) is 0 Å². The van der Waals surface area contributed by atoms with Crippen LogP contribution in [0, 0.1) is 11.3 Å². The molecule has 2 aliphatic rings. The summed E-state index contributed by atoms with van der Waals surface area (Å²) in [5.74, 6) is 1.12. The quantitative estimate of drug-likeness (QED) is 0.578. The summed E-state index contributed by atoms with van der Waals surface area (Å²) < 4.78 is 0. The highest BCUT2D eigenvalue weighted by atomic mass is 14.4. The molecule has 0 heterocycles. The minimum Gasteiger partial charge on any atom is -0.0654 e. The van der Waals surface area contributed by atoms with E-state index in [1.54, 1.807) is 32.1 Å². The SMILES string of the molecule is CCCC12CCCC(CCC1)C2. The lowest BCUT2D eigenvalue weighted by molar-refractivity contribution is 0.0676. The molecule has 2 fully saturated rings. The third kappa shape index (κ3) is 1.53. The van der Waals surface area contributed by atoms with Crippen molar-refractivity contribution in [3.05, 3.63) is 0 Å². The number of hydrogen-bond donors (Lipinski definition) is 0. The fourth-order valence-corrected chi connectivity index (χ4v) is 3.70. The van der Waals surface area contributed by atoms with Crippen LogP contribution in [0.1, 0.15) is 64.7 Å². The van der Waals surface area contributed by atoms with Crippen molar-refractivity contribution in [1.29, 1.82) is 0 Å². The van der Waals surface area contributed by atoms with Crippen molar-refractivity contribution in [2.45, 2.75) is 64.7 Å². The smallest absolute Gasteiger partial charge is 0.0295 e. The largest absolute Gasteiger partial charge is 0.0654 e. The maximum absolute atomic E-state index is 2.35. The average Bonchev–Trinajstić information content (AvgIpc) is 2.04. The van der Waals surface area contributed by atoms with Gasteiger partial charge in [-0.2, -0.15) is 0 Å². The number of rotatable bonds is 2. The highest BCUT2D eigenvalue weighted by molar-refractivity contribution is 4.89. The van der Waals surface area contributed by atoms with Crippen LogP contribution in [-0.2, 0) is 0 Å². The van der Waals surface area contributed by atoms with Gasteiger partial charge in [0, 0.05) is 0 Å². The van der Waals surface area contributed by atoms with E-state index >= 15 is 0 Å². The molecule has 2 rings (SSSR count). The molecule has 0 N–H and O–H groups in total. The predicted octanol–water partition coefficient (Wildman–Crippen LogP) is 4.15. The average molecular weight is 166 g/mol. The Bertz CT molecular complexity index is 133. The molecular formula is C12H22. The molecule has 2 saturated carbocycles. The summed E-state index contributed by atoms with van der Waals surface area (Å²) in [4.78, 5) is 0. The molecule has 12 heavy (non-hydrogen) atoms. The van der Waals surface area contributed by atoms with E-state index in [9.17, 15) is 0 Å². The van der Waals surface area contributed by atoms with Crippen LogP contribution in [0.5, 0.6) is 0 Å². The van der Waals surface area contributed by atoms with Crippen LogP contribution in [0.3, 0.4) is 0 Å². The van der Waals surface area contributed by atoms with Gasteiger partial charge < -0.3 is 0 Å². The molecule has 0 aromatic heterocycles. The second-order valence-corrected chi connectivity index (χ2v) is 5.10. The zero-order valence-corrected chi connectivity index (χ0v) is 8.44. The van der Waals surface area contributed by atoms with Crippen LogP contribution in [-0.4, -0.2) is 0 Å². The summed E-state index contributed by atoms with van der Waals surface area (Å²) >= 11 is 0. The van der Waals surface area contributed by atoms with Crippen LogP contribution >= 0.6 is 0 Å². The first-order valence-corrected chi connectivity index (χ1v) is 5.85. The molecule has 0 saturated heterocycles. The van der Waals surface area contributed by atoms with Crippen LogP contribution in [0.15, 0.2) is 0 Å². The summed E-state index contributed by atoms with van der Waals surface area (Å²) in [5.41, 5.74) is 0.829. The first-order valence-electron chi connectivity index (χ1n) is 5.85. The third-order valence-electron chi connectivity index (χ3n) is 4.14. The molecular weight excluding hydrogens is 144 g/mol. The monoisotopic (exact) mass is 166 g/mol. The molecule has 0 atom stereocenters. The van der Waals surface area contributed by atoms with Gasteiger partial charge >= 0.3 is 0 Å². The van der Waals surface area contributed by atoms with E-state index in [4.69, 9.17) is 0 Å². The van der Waals surface area contributed by atoms with E-state index in [-0.39, 0.29) is 0 Å². The molecule has 0 spiro atoms. The number of fused-ring (bicyclic) bond motifs is 2. The summed E-state index contributed by atoms with van der Waals surface area (Å²) in [5, 5.41) is 0. The molecule has 0 unspecified atom stereocenters. The Labute approximate surface area is 76.7 Å². The van der Waals surface area contributed by atoms with Crippen molar-refractivity contribution < 1.29 is 0 Å². The molecule has 2 aliphatic carbocycles.